The zero-order chi connectivity index (χ0) is 13.1. The number of rotatable bonds is 2. The zero-order valence-corrected chi connectivity index (χ0v) is 9.78. The van der Waals surface area contributed by atoms with Crippen LogP contribution < -0.4 is 5.32 Å². The maximum atomic E-state index is 12.6. The molecule has 0 radical (unpaired) electrons. The number of halogens is 2. The van der Waals surface area contributed by atoms with Gasteiger partial charge < -0.3 is 10.4 Å². The van der Waals surface area contributed by atoms with Crippen molar-refractivity contribution in [3.05, 3.63) is 52.9 Å². The molecule has 0 fully saturated rings. The minimum Gasteiger partial charge on any atom is -0.508 e. The van der Waals surface area contributed by atoms with Crippen LogP contribution in [0.1, 0.15) is 10.4 Å². The molecular formula is C12H8ClFN2O2. The highest BCUT2D eigenvalue weighted by Gasteiger charge is 2.12. The van der Waals surface area contributed by atoms with Crippen LogP contribution in [0.5, 0.6) is 5.75 Å². The fourth-order valence-corrected chi connectivity index (χ4v) is 1.52. The Hall–Kier alpha value is -2.14. The minimum atomic E-state index is -0.532. The third kappa shape index (κ3) is 2.75. The number of pyridine rings is 1. The van der Waals surface area contributed by atoms with Gasteiger partial charge in [-0.15, -0.1) is 0 Å². The van der Waals surface area contributed by atoms with Crippen molar-refractivity contribution in [1.29, 1.82) is 0 Å². The van der Waals surface area contributed by atoms with Gasteiger partial charge in [0.25, 0.3) is 5.91 Å². The highest BCUT2D eigenvalue weighted by atomic mass is 35.5. The molecule has 1 heterocycles. The number of aromatic hydroxyl groups is 1. The molecule has 1 aromatic carbocycles. The first-order valence-corrected chi connectivity index (χ1v) is 5.35. The van der Waals surface area contributed by atoms with E-state index in [1.54, 1.807) is 0 Å². The largest absolute Gasteiger partial charge is 0.508 e. The smallest absolute Gasteiger partial charge is 0.258 e. The van der Waals surface area contributed by atoms with Crippen LogP contribution >= 0.6 is 11.6 Å². The minimum absolute atomic E-state index is 0.0726. The number of aromatic nitrogens is 1. The highest BCUT2D eigenvalue weighted by Crippen LogP contribution is 2.22. The lowest BCUT2D eigenvalue weighted by Gasteiger charge is -2.06. The van der Waals surface area contributed by atoms with Crippen LogP contribution in [-0.4, -0.2) is 16.0 Å². The standard InChI is InChI=1S/C12H8ClFN2O2/c13-10-3-2-8(17)5-9(10)12(18)16-11-4-1-7(14)6-15-11/h1-6,17H,(H,15,16,18). The second kappa shape index (κ2) is 5.01. The van der Waals surface area contributed by atoms with E-state index in [1.165, 1.54) is 30.3 Å². The third-order valence-electron chi connectivity index (χ3n) is 2.16. The molecule has 2 aromatic rings. The van der Waals surface area contributed by atoms with E-state index in [1.807, 2.05) is 0 Å². The predicted molar refractivity (Wildman–Crippen MR) is 65.3 cm³/mol. The fraction of sp³-hybridized carbons (Fsp3) is 0. The molecule has 0 aliphatic carbocycles. The van der Waals surface area contributed by atoms with Gasteiger partial charge in [0.05, 0.1) is 16.8 Å². The summed E-state index contributed by atoms with van der Waals surface area (Å²) in [7, 11) is 0. The molecule has 0 aliphatic heterocycles. The fourth-order valence-electron chi connectivity index (χ4n) is 1.32. The summed E-state index contributed by atoms with van der Waals surface area (Å²) in [4.78, 5) is 15.5. The Morgan fingerprint density at radius 3 is 2.78 bits per heavy atom. The van der Waals surface area contributed by atoms with Crippen LogP contribution in [0.4, 0.5) is 10.2 Å². The molecule has 4 nitrogen and oxygen atoms in total. The number of benzene rings is 1. The first-order chi connectivity index (χ1) is 8.56. The van der Waals surface area contributed by atoms with Crippen LogP contribution in [0.15, 0.2) is 36.5 Å². The SMILES string of the molecule is O=C(Nc1ccc(F)cn1)c1cc(O)ccc1Cl. The lowest BCUT2D eigenvalue weighted by Crippen LogP contribution is -2.13. The summed E-state index contributed by atoms with van der Waals surface area (Å²) < 4.78 is 12.6. The molecule has 0 spiro atoms. The maximum Gasteiger partial charge on any atom is 0.258 e. The molecule has 18 heavy (non-hydrogen) atoms. The van der Waals surface area contributed by atoms with Gasteiger partial charge in [0.1, 0.15) is 17.4 Å². The Morgan fingerprint density at radius 2 is 2.11 bits per heavy atom. The Kier molecular flexibility index (Phi) is 3.43. The van der Waals surface area contributed by atoms with E-state index in [0.29, 0.717) is 0 Å². The van der Waals surface area contributed by atoms with Crippen LogP contribution in [0.2, 0.25) is 5.02 Å². The van der Waals surface area contributed by atoms with E-state index in [0.717, 1.165) is 6.20 Å². The molecule has 0 bridgehead atoms. The Bertz CT molecular complexity index is 587. The van der Waals surface area contributed by atoms with E-state index < -0.39 is 11.7 Å². The molecule has 1 amide bonds. The molecule has 0 unspecified atom stereocenters. The van der Waals surface area contributed by atoms with Gasteiger partial charge in [-0.25, -0.2) is 9.37 Å². The number of phenols is 1. The Morgan fingerprint density at radius 1 is 1.33 bits per heavy atom. The second-order valence-corrected chi connectivity index (χ2v) is 3.89. The summed E-state index contributed by atoms with van der Waals surface area (Å²) in [6, 6.07) is 6.51. The molecule has 0 saturated carbocycles. The van der Waals surface area contributed by atoms with E-state index in [2.05, 4.69) is 10.3 Å². The van der Waals surface area contributed by atoms with Gasteiger partial charge in [-0.3, -0.25) is 4.79 Å². The molecule has 1 aromatic heterocycles. The molecule has 2 N–H and O–H groups in total. The van der Waals surface area contributed by atoms with Gasteiger partial charge in [0.2, 0.25) is 0 Å². The van der Waals surface area contributed by atoms with Gasteiger partial charge in [0, 0.05) is 0 Å². The number of carbonyl (C=O) groups is 1. The summed E-state index contributed by atoms with van der Waals surface area (Å²) in [5, 5.41) is 11.9. The normalized spacial score (nSPS) is 10.1. The van der Waals surface area contributed by atoms with Crippen LogP contribution in [-0.2, 0) is 0 Å². The number of phenolic OH excluding ortho intramolecular Hbond substituents is 1. The topological polar surface area (TPSA) is 62.2 Å². The highest BCUT2D eigenvalue weighted by molar-refractivity contribution is 6.34. The molecule has 0 aliphatic rings. The number of hydrogen-bond acceptors (Lipinski definition) is 3. The van der Waals surface area contributed by atoms with Crippen molar-refractivity contribution < 1.29 is 14.3 Å². The summed E-state index contributed by atoms with van der Waals surface area (Å²) >= 11 is 5.83. The number of amides is 1. The molecule has 2 rings (SSSR count). The monoisotopic (exact) mass is 266 g/mol. The van der Waals surface area contributed by atoms with Crippen molar-refractivity contribution in [3.8, 4) is 5.75 Å². The first kappa shape index (κ1) is 12.3. The van der Waals surface area contributed by atoms with Gasteiger partial charge in [0.15, 0.2) is 0 Å². The molecular weight excluding hydrogens is 259 g/mol. The molecule has 92 valence electrons. The van der Waals surface area contributed by atoms with Crippen molar-refractivity contribution in [1.82, 2.24) is 4.98 Å². The average molecular weight is 267 g/mol. The average Bonchev–Trinajstić information content (AvgIpc) is 2.35. The Labute approximate surface area is 107 Å². The zero-order valence-electron chi connectivity index (χ0n) is 9.02. The van der Waals surface area contributed by atoms with Crippen molar-refractivity contribution in [2.24, 2.45) is 0 Å². The molecule has 0 atom stereocenters. The predicted octanol–water partition coefficient (Wildman–Crippen LogP) is 2.83. The quantitative estimate of drug-likeness (QED) is 0.879. The number of nitrogens with one attached hydrogen (secondary N) is 1. The lowest BCUT2D eigenvalue weighted by atomic mass is 10.2. The van der Waals surface area contributed by atoms with Crippen LogP contribution in [0, 0.1) is 5.82 Å². The maximum absolute atomic E-state index is 12.6. The number of anilines is 1. The number of carbonyl (C=O) groups excluding carboxylic acids is 1. The van der Waals surface area contributed by atoms with Crippen molar-refractivity contribution in [3.63, 3.8) is 0 Å². The van der Waals surface area contributed by atoms with Crippen molar-refractivity contribution in [2.45, 2.75) is 0 Å². The van der Waals surface area contributed by atoms with Crippen LogP contribution in [0.3, 0.4) is 0 Å². The van der Waals surface area contributed by atoms with E-state index in [-0.39, 0.29) is 22.2 Å². The number of hydrogen-bond donors (Lipinski definition) is 2. The van der Waals surface area contributed by atoms with Gasteiger partial charge in [-0.2, -0.15) is 0 Å². The molecule has 0 saturated heterocycles. The van der Waals surface area contributed by atoms with Crippen LogP contribution in [0.25, 0.3) is 0 Å². The summed E-state index contributed by atoms with van der Waals surface area (Å²) in [6.07, 6.45) is 0.986. The van der Waals surface area contributed by atoms with Crippen molar-refractivity contribution >= 4 is 23.3 Å². The lowest BCUT2D eigenvalue weighted by molar-refractivity contribution is 0.102. The summed E-state index contributed by atoms with van der Waals surface area (Å²) in [5.74, 6) is -0.907. The summed E-state index contributed by atoms with van der Waals surface area (Å²) in [6.45, 7) is 0. The second-order valence-electron chi connectivity index (χ2n) is 3.48. The van der Waals surface area contributed by atoms with Crippen molar-refractivity contribution in [2.75, 3.05) is 5.32 Å². The number of nitrogens with zero attached hydrogens (tertiary/aromatic N) is 1. The van der Waals surface area contributed by atoms with Gasteiger partial charge in [-0.05, 0) is 30.3 Å². The first-order valence-electron chi connectivity index (χ1n) is 4.97. The van der Waals surface area contributed by atoms with E-state index in [4.69, 9.17) is 11.6 Å². The molecule has 6 heteroatoms. The summed E-state index contributed by atoms with van der Waals surface area (Å²) in [5.41, 5.74) is 0.114. The van der Waals surface area contributed by atoms with Gasteiger partial charge in [-0.1, -0.05) is 11.6 Å². The Balaban J connectivity index is 2.21. The van der Waals surface area contributed by atoms with E-state index >= 15 is 0 Å². The third-order valence-corrected chi connectivity index (χ3v) is 2.49. The van der Waals surface area contributed by atoms with Gasteiger partial charge >= 0.3 is 0 Å². The van der Waals surface area contributed by atoms with E-state index in [9.17, 15) is 14.3 Å².